The van der Waals surface area contributed by atoms with Crippen LogP contribution in [0, 0.1) is 39.4 Å². The highest BCUT2D eigenvalue weighted by atomic mass is 79.9. The molecular formula is C102H154Br6N2O11. The second kappa shape index (κ2) is 64.0. The standard InChI is InChI=1S/C21H33BrO2.C21H34O2.C20H29BrO4.C18H24Br2O3.C11H17Br2N.C11H17N/c1-15(8-7-9-16(2)14-20(23)24-6)10-12-18-17(3)11-13-19(22)21(18,4)5;1-17(2)10-7-11-18(3)12-8-13-19(4)14-9-15-20(5)16-21(22)23-6;1-15(2)7-6-8-16(3)9-10-17-11-20(25-14-23-5)18(21)12-19(17)24-13-22-4;1-17(2)15-8-11-7-14(22-10-21-4)12(19)9-13(11)23-18(15,3)6-5-16(17)20;1-9(5-4-8-14)6-7-10(12)11(2,3)13;1-10(2)6-4-7-11(3)8-5-9-12/h8,14,19H,7,9-13H2,1-6H3;10,12,14,16H,7-9,11,13,15H2,1-6H3;7,9,11-12H,6,8,10,13-14H2,1-5H3;7,9,15-16H,5-6,8,10H2,1-4H3;5,10H,4,6-7H2,1-3H3;6,8H,4-5,7H2,1-3H3/b15-8+,16-14+;18-12+,19-14+,20-16+;16-9+;;9-5+;11-8+/t19-;;;15-,16-,18-;10-;/m0..00./s1. The van der Waals surface area contributed by atoms with Crippen molar-refractivity contribution in [1.29, 1.82) is 10.5 Å². The first-order chi connectivity index (χ1) is 56.8. The molecule has 19 heteroatoms. The van der Waals surface area contributed by atoms with Crippen molar-refractivity contribution in [2.75, 3.05) is 55.9 Å². The van der Waals surface area contributed by atoms with Crippen molar-refractivity contribution < 1.29 is 52.2 Å². The SMILES string of the molecule is C/C(=C\CC#N)CC[C@H](Br)C(C)(C)Br.CC(C)=CCC/C(C)=C/CC#N.COC(=O)/C=C(\C)CC/C=C(\C)CC/C=C(\C)CCC=C(C)C.COC(=O)/C=C(\C)CC/C=C(\C)CCC1=C(C)CC[C@H](Br)C1(C)C.COCOc1cc(C/C=C(\C)CCC=C(C)C)c(OCOC)cc1Br.COCOc1cc2c(cc1Br)O[C@@]1(C)CC[C@H](Br)C(C)(C)[C@@H]1C2. The van der Waals surface area contributed by atoms with E-state index < -0.39 is 0 Å². The Labute approximate surface area is 785 Å². The van der Waals surface area contributed by atoms with Gasteiger partial charge in [-0.05, 0) is 338 Å². The van der Waals surface area contributed by atoms with E-state index in [2.05, 4.69) is 304 Å². The summed E-state index contributed by atoms with van der Waals surface area (Å²) < 4.78 is 49.6. The molecule has 0 amide bonds. The van der Waals surface area contributed by atoms with Gasteiger partial charge in [0.2, 0.25) is 0 Å². The van der Waals surface area contributed by atoms with Crippen molar-refractivity contribution in [3.8, 4) is 35.1 Å². The lowest BCUT2D eigenvalue weighted by atomic mass is 9.59. The maximum atomic E-state index is 11.2. The first-order valence-electron chi connectivity index (χ1n) is 42.9. The Balaban J connectivity index is 0.00000145. The Kier molecular flexibility index (Phi) is 61.5. The summed E-state index contributed by atoms with van der Waals surface area (Å²) in [7, 11) is 7.66. The van der Waals surface area contributed by atoms with Gasteiger partial charge in [-0.2, -0.15) is 10.5 Å². The van der Waals surface area contributed by atoms with Crippen LogP contribution in [0.15, 0.2) is 172 Å². The van der Waals surface area contributed by atoms with Gasteiger partial charge in [0.15, 0.2) is 20.4 Å². The molecule has 2 aliphatic carbocycles. The fourth-order valence-corrected chi connectivity index (χ4v) is 16.3. The number of methoxy groups -OCH3 is 5. The smallest absolute Gasteiger partial charge is 0.330 e. The molecule has 0 radical (unpaired) electrons. The summed E-state index contributed by atoms with van der Waals surface area (Å²) >= 11 is 22.1. The minimum atomic E-state index is -0.267. The maximum Gasteiger partial charge on any atom is 0.330 e. The van der Waals surface area contributed by atoms with E-state index in [1.165, 1.54) is 82.8 Å². The molecule has 0 aromatic heterocycles. The summed E-state index contributed by atoms with van der Waals surface area (Å²) in [4.78, 5) is 23.9. The summed E-state index contributed by atoms with van der Waals surface area (Å²) in [6, 6.07) is 12.2. The van der Waals surface area contributed by atoms with Gasteiger partial charge >= 0.3 is 11.9 Å². The highest BCUT2D eigenvalue weighted by molar-refractivity contribution is 9.12. The molecule has 2 aromatic carbocycles. The molecule has 0 bridgehead atoms. The van der Waals surface area contributed by atoms with Crippen molar-refractivity contribution >= 4 is 108 Å². The number of ether oxygens (including phenoxy) is 9. The molecule has 1 aliphatic heterocycles. The molecule has 3 aliphatic rings. The number of carbonyl (C=O) groups is 2. The maximum absolute atomic E-state index is 11.2. The van der Waals surface area contributed by atoms with Gasteiger partial charge in [-0.3, -0.25) is 0 Å². The number of nitriles is 2. The molecule has 0 N–H and O–H groups in total. The minimum Gasteiger partial charge on any atom is -0.487 e. The minimum absolute atomic E-state index is 0.102. The number of nitrogens with zero attached hydrogens (tertiary/aromatic N) is 2. The summed E-state index contributed by atoms with van der Waals surface area (Å²) in [6.45, 7) is 48.6. The lowest BCUT2D eigenvalue weighted by Gasteiger charge is -2.55. The summed E-state index contributed by atoms with van der Waals surface area (Å²) in [5, 5.41) is 16.7. The summed E-state index contributed by atoms with van der Waals surface area (Å²) in [5.74, 6) is 3.24. The number of carbonyl (C=O) groups excluding carboxylic acids is 2. The predicted octanol–water partition coefficient (Wildman–Crippen LogP) is 31.9. The predicted molar refractivity (Wildman–Crippen MR) is 532 cm³/mol. The van der Waals surface area contributed by atoms with Crippen LogP contribution in [0.5, 0.6) is 23.0 Å². The molecule has 5 rings (SSSR count). The van der Waals surface area contributed by atoms with E-state index in [0.29, 0.717) is 33.2 Å². The number of benzene rings is 2. The van der Waals surface area contributed by atoms with Crippen molar-refractivity contribution in [2.45, 2.75) is 331 Å². The molecule has 0 unspecified atom stereocenters. The number of esters is 2. The average molecular weight is 2060 g/mol. The topological polar surface area (TPSA) is 165 Å². The summed E-state index contributed by atoms with van der Waals surface area (Å²) in [6.07, 6.45) is 47.7. The number of hydrogen-bond acceptors (Lipinski definition) is 13. The Morgan fingerprint density at radius 1 is 0.529 bits per heavy atom. The van der Waals surface area contributed by atoms with Gasteiger partial charge in [0, 0.05) is 63.8 Å². The Bertz CT molecular complexity index is 3920. The summed E-state index contributed by atoms with van der Waals surface area (Å²) in [5.41, 5.74) is 20.4. The molecule has 1 heterocycles. The largest absolute Gasteiger partial charge is 0.487 e. The first-order valence-corrected chi connectivity index (χ1v) is 48.0. The monoisotopic (exact) mass is 2060 g/mol. The highest BCUT2D eigenvalue weighted by Gasteiger charge is 2.54. The Morgan fingerprint density at radius 2 is 0.926 bits per heavy atom. The van der Waals surface area contributed by atoms with Crippen LogP contribution in [0.4, 0.5) is 0 Å². The lowest BCUT2D eigenvalue weighted by Crippen LogP contribution is -2.57. The van der Waals surface area contributed by atoms with E-state index in [1.54, 1.807) is 44.6 Å². The van der Waals surface area contributed by atoms with Gasteiger partial charge < -0.3 is 42.6 Å². The Hall–Kier alpha value is -4.80. The second-order valence-electron chi connectivity index (χ2n) is 34.8. The van der Waals surface area contributed by atoms with Crippen LogP contribution >= 0.6 is 95.6 Å². The van der Waals surface area contributed by atoms with Crippen molar-refractivity contribution in [2.24, 2.45) is 16.7 Å². The normalized spacial score (nSPS) is 18.0. The van der Waals surface area contributed by atoms with Crippen LogP contribution in [0.25, 0.3) is 0 Å². The van der Waals surface area contributed by atoms with Crippen LogP contribution in [-0.2, 0) is 46.1 Å². The zero-order valence-electron chi connectivity index (χ0n) is 79.2. The number of rotatable bonds is 40. The van der Waals surface area contributed by atoms with E-state index in [1.807, 2.05) is 44.2 Å². The van der Waals surface area contributed by atoms with Crippen LogP contribution in [0.3, 0.4) is 0 Å². The van der Waals surface area contributed by atoms with Gasteiger partial charge in [-0.25, -0.2) is 9.59 Å². The first kappa shape index (κ1) is 116. The number of hydrogen-bond donors (Lipinski definition) is 0. The Morgan fingerprint density at radius 3 is 1.36 bits per heavy atom. The fourth-order valence-electron chi connectivity index (χ4n) is 13.9. The third-order valence-corrected chi connectivity index (χ3v) is 29.0. The lowest BCUT2D eigenvalue weighted by molar-refractivity contribution is -0.135. The van der Waals surface area contributed by atoms with Crippen LogP contribution < -0.4 is 18.9 Å². The van der Waals surface area contributed by atoms with E-state index in [-0.39, 0.29) is 53.1 Å². The van der Waals surface area contributed by atoms with Crippen molar-refractivity contribution in [1.82, 2.24) is 0 Å². The van der Waals surface area contributed by atoms with E-state index in [0.717, 1.165) is 177 Å². The zero-order valence-corrected chi connectivity index (χ0v) is 88.7. The molecule has 1 fully saturated rings. The molecule has 13 nitrogen and oxygen atoms in total. The number of alkyl halides is 4. The number of allylic oxidation sites excluding steroid dienone is 22. The van der Waals surface area contributed by atoms with E-state index in [9.17, 15) is 9.59 Å². The van der Waals surface area contributed by atoms with Gasteiger partial charge in [-0.15, -0.1) is 0 Å². The molecule has 2 aromatic rings. The fraction of sp³-hybridized carbons (Fsp3) is 0.608. The quantitative estimate of drug-likeness (QED) is 0.0204. The molecule has 0 saturated heterocycles. The number of halogens is 6. The molecule has 680 valence electrons. The zero-order chi connectivity index (χ0) is 92.1. The van der Waals surface area contributed by atoms with Crippen molar-refractivity contribution in [3.63, 3.8) is 0 Å². The third-order valence-electron chi connectivity index (χ3n) is 21.7. The molecule has 121 heavy (non-hydrogen) atoms. The van der Waals surface area contributed by atoms with Crippen LogP contribution in [0.1, 0.15) is 305 Å². The molecule has 5 atom stereocenters. The highest BCUT2D eigenvalue weighted by Crippen LogP contribution is 2.56. The van der Waals surface area contributed by atoms with E-state index in [4.69, 9.17) is 43.7 Å². The van der Waals surface area contributed by atoms with Gasteiger partial charge in [0.1, 0.15) is 28.6 Å². The second-order valence-corrected chi connectivity index (χ2v) is 41.9. The van der Waals surface area contributed by atoms with Crippen LogP contribution in [-0.4, -0.2) is 92.3 Å². The molecule has 0 spiro atoms. The molecular weight excluding hydrogens is 1910 g/mol. The van der Waals surface area contributed by atoms with Crippen molar-refractivity contribution in [3.05, 3.63) is 184 Å². The van der Waals surface area contributed by atoms with Gasteiger partial charge in [-0.1, -0.05) is 219 Å². The van der Waals surface area contributed by atoms with E-state index >= 15 is 0 Å². The number of fused-ring (bicyclic) bond motifs is 2. The van der Waals surface area contributed by atoms with Gasteiger partial charge in [0.05, 0.1) is 48.1 Å². The average Bonchev–Trinajstić information content (AvgIpc) is 0.732. The third kappa shape index (κ3) is 51.0. The molecule has 1 saturated carbocycles. The van der Waals surface area contributed by atoms with Crippen LogP contribution in [0.2, 0.25) is 0 Å². The van der Waals surface area contributed by atoms with Gasteiger partial charge in [0.25, 0.3) is 0 Å².